The molecule has 0 aromatic heterocycles. The summed E-state index contributed by atoms with van der Waals surface area (Å²) < 4.78 is 5.48. The van der Waals surface area contributed by atoms with Crippen LogP contribution in [0.15, 0.2) is 35.9 Å². The van der Waals surface area contributed by atoms with E-state index < -0.39 is 0 Å². The van der Waals surface area contributed by atoms with Crippen LogP contribution >= 0.6 is 0 Å². The van der Waals surface area contributed by atoms with Gasteiger partial charge in [-0.2, -0.15) is 0 Å². The second-order valence-electron chi connectivity index (χ2n) is 9.46. The number of amides is 1. The van der Waals surface area contributed by atoms with Gasteiger partial charge in [0.2, 0.25) is 5.91 Å². The fraction of sp³-hybridized carbons (Fsp3) is 0.690. The van der Waals surface area contributed by atoms with Crippen LogP contribution in [0.1, 0.15) is 90.0 Å². The van der Waals surface area contributed by atoms with E-state index in [1.807, 2.05) is 0 Å². The lowest BCUT2D eigenvalue weighted by Gasteiger charge is -2.29. The quantitative estimate of drug-likeness (QED) is 0.249. The van der Waals surface area contributed by atoms with Crippen molar-refractivity contribution in [2.24, 2.45) is 0 Å². The molecule has 1 fully saturated rings. The highest BCUT2D eigenvalue weighted by Gasteiger charge is 2.16. The van der Waals surface area contributed by atoms with E-state index in [9.17, 15) is 4.79 Å². The molecule has 1 aliphatic rings. The minimum Gasteiger partial charge on any atom is -0.379 e. The summed E-state index contributed by atoms with van der Waals surface area (Å²) >= 11 is 0. The molecule has 1 aromatic rings. The molecule has 4 heteroatoms. The third kappa shape index (κ3) is 12.4. The van der Waals surface area contributed by atoms with Gasteiger partial charge in [0.15, 0.2) is 0 Å². The Bertz CT molecular complexity index is 653. The largest absolute Gasteiger partial charge is 0.379 e. The number of benzene rings is 1. The van der Waals surface area contributed by atoms with Crippen molar-refractivity contribution in [3.63, 3.8) is 0 Å². The number of carbonyl (C=O) groups is 1. The van der Waals surface area contributed by atoms with E-state index in [2.05, 4.69) is 60.1 Å². The predicted molar refractivity (Wildman–Crippen MR) is 140 cm³/mol. The Balaban J connectivity index is 1.99. The zero-order valence-corrected chi connectivity index (χ0v) is 21.4. The molecule has 1 saturated heterocycles. The molecule has 0 spiro atoms. The van der Waals surface area contributed by atoms with Gasteiger partial charge in [0.1, 0.15) is 0 Å². The third-order valence-corrected chi connectivity index (χ3v) is 6.52. The molecule has 0 aliphatic carbocycles. The maximum Gasteiger partial charge on any atom is 0.222 e. The van der Waals surface area contributed by atoms with Gasteiger partial charge in [-0.25, -0.2) is 0 Å². The highest BCUT2D eigenvalue weighted by Crippen LogP contribution is 2.17. The summed E-state index contributed by atoms with van der Waals surface area (Å²) in [4.78, 5) is 17.9. The molecule has 0 radical (unpaired) electrons. The molecule has 0 N–H and O–H groups in total. The first-order chi connectivity index (χ1) is 16.2. The van der Waals surface area contributed by atoms with Gasteiger partial charge in [-0.05, 0) is 31.2 Å². The van der Waals surface area contributed by atoms with E-state index in [1.54, 1.807) is 0 Å². The number of rotatable bonds is 17. The van der Waals surface area contributed by atoms with Crippen molar-refractivity contribution < 1.29 is 9.53 Å². The number of unbranched alkanes of at least 4 members (excludes halogenated alkanes) is 6. The molecule has 2 rings (SSSR count). The van der Waals surface area contributed by atoms with Gasteiger partial charge < -0.3 is 9.64 Å². The molecular formula is C29H48N2O2. The van der Waals surface area contributed by atoms with Crippen LogP contribution in [0, 0.1) is 0 Å². The fourth-order valence-corrected chi connectivity index (χ4v) is 4.47. The zero-order valence-electron chi connectivity index (χ0n) is 21.4. The summed E-state index contributed by atoms with van der Waals surface area (Å²) in [5.74, 6) is 0.336. The van der Waals surface area contributed by atoms with E-state index in [0.717, 1.165) is 65.2 Å². The lowest BCUT2D eigenvalue weighted by molar-refractivity contribution is -0.131. The van der Waals surface area contributed by atoms with E-state index in [1.165, 1.54) is 56.1 Å². The summed E-state index contributed by atoms with van der Waals surface area (Å²) in [6.45, 7) is 10.9. The van der Waals surface area contributed by atoms with Crippen molar-refractivity contribution in [1.82, 2.24) is 9.80 Å². The number of hydrogen-bond donors (Lipinski definition) is 0. The van der Waals surface area contributed by atoms with E-state index in [0.29, 0.717) is 12.3 Å². The van der Waals surface area contributed by atoms with Crippen LogP contribution in [0.25, 0.3) is 6.08 Å². The van der Waals surface area contributed by atoms with Crippen molar-refractivity contribution in [3.8, 4) is 0 Å². The van der Waals surface area contributed by atoms with Crippen molar-refractivity contribution in [2.45, 2.75) is 84.5 Å². The molecular weight excluding hydrogens is 408 g/mol. The summed E-state index contributed by atoms with van der Waals surface area (Å²) in [7, 11) is 0. The molecule has 1 heterocycles. The standard InChI is InChI=1S/C29H48N2O2/c1-3-5-7-8-13-18-29(32)31(20-14-19-30-21-23-33-24-22-30)26-28(17-10-6-4-2)25-27-15-11-9-12-16-27/h9,11-12,15-16,25H,3-8,10,13-14,17-24,26H2,1-2H3/b28-25+. The Morgan fingerprint density at radius 1 is 0.909 bits per heavy atom. The van der Waals surface area contributed by atoms with Crippen molar-refractivity contribution >= 4 is 12.0 Å². The minimum absolute atomic E-state index is 0.336. The van der Waals surface area contributed by atoms with Crippen LogP contribution in [0.5, 0.6) is 0 Å². The first-order valence-corrected chi connectivity index (χ1v) is 13.5. The van der Waals surface area contributed by atoms with Crippen molar-refractivity contribution in [2.75, 3.05) is 45.9 Å². The monoisotopic (exact) mass is 456 g/mol. The highest BCUT2D eigenvalue weighted by molar-refractivity contribution is 5.76. The van der Waals surface area contributed by atoms with Crippen LogP contribution in [-0.2, 0) is 9.53 Å². The zero-order chi connectivity index (χ0) is 23.6. The fourth-order valence-electron chi connectivity index (χ4n) is 4.47. The number of nitrogens with zero attached hydrogens (tertiary/aromatic N) is 2. The van der Waals surface area contributed by atoms with Gasteiger partial charge >= 0.3 is 0 Å². The third-order valence-electron chi connectivity index (χ3n) is 6.52. The van der Waals surface area contributed by atoms with Crippen LogP contribution in [-0.4, -0.2) is 61.6 Å². The van der Waals surface area contributed by atoms with Gasteiger partial charge in [0.25, 0.3) is 0 Å². The average molecular weight is 457 g/mol. The number of hydrogen-bond acceptors (Lipinski definition) is 3. The summed E-state index contributed by atoms with van der Waals surface area (Å²) in [6, 6.07) is 10.6. The Labute approximate surface area is 203 Å². The average Bonchev–Trinajstić information content (AvgIpc) is 2.84. The second-order valence-corrected chi connectivity index (χ2v) is 9.46. The number of carbonyl (C=O) groups excluding carboxylic acids is 1. The van der Waals surface area contributed by atoms with E-state index >= 15 is 0 Å². The van der Waals surface area contributed by atoms with Crippen LogP contribution in [0.3, 0.4) is 0 Å². The summed E-state index contributed by atoms with van der Waals surface area (Å²) in [5.41, 5.74) is 2.63. The van der Waals surface area contributed by atoms with E-state index in [4.69, 9.17) is 4.74 Å². The minimum atomic E-state index is 0.336. The molecule has 33 heavy (non-hydrogen) atoms. The lowest BCUT2D eigenvalue weighted by Crippen LogP contribution is -2.39. The molecule has 186 valence electrons. The smallest absolute Gasteiger partial charge is 0.222 e. The molecule has 0 unspecified atom stereocenters. The molecule has 4 nitrogen and oxygen atoms in total. The molecule has 0 bridgehead atoms. The maximum absolute atomic E-state index is 13.2. The second kappa shape index (κ2) is 17.8. The first-order valence-electron chi connectivity index (χ1n) is 13.5. The first kappa shape index (κ1) is 27.6. The molecule has 1 amide bonds. The molecule has 0 saturated carbocycles. The van der Waals surface area contributed by atoms with Gasteiger partial charge in [-0.1, -0.05) is 94.4 Å². The van der Waals surface area contributed by atoms with Gasteiger partial charge in [0.05, 0.1) is 13.2 Å². The molecule has 1 aliphatic heterocycles. The van der Waals surface area contributed by atoms with Crippen molar-refractivity contribution in [3.05, 3.63) is 41.5 Å². The Morgan fingerprint density at radius 3 is 2.30 bits per heavy atom. The lowest BCUT2D eigenvalue weighted by atomic mass is 10.0. The highest BCUT2D eigenvalue weighted by atomic mass is 16.5. The van der Waals surface area contributed by atoms with Crippen LogP contribution in [0.4, 0.5) is 0 Å². The predicted octanol–water partition coefficient (Wildman–Crippen LogP) is 6.56. The SMILES string of the molecule is CCCCCCCC(=O)N(CCCN1CCOCC1)C/C(=C/c1ccccc1)CCCCC. The number of ether oxygens (including phenoxy) is 1. The summed E-state index contributed by atoms with van der Waals surface area (Å²) in [6.07, 6.45) is 14.7. The Morgan fingerprint density at radius 2 is 1.58 bits per heavy atom. The van der Waals surface area contributed by atoms with Crippen LogP contribution < -0.4 is 0 Å². The Hall–Kier alpha value is -1.65. The van der Waals surface area contributed by atoms with Gasteiger partial charge in [0, 0.05) is 39.1 Å². The van der Waals surface area contributed by atoms with Crippen molar-refractivity contribution in [1.29, 1.82) is 0 Å². The van der Waals surface area contributed by atoms with E-state index in [-0.39, 0.29) is 0 Å². The maximum atomic E-state index is 13.2. The Kier molecular flexibility index (Phi) is 14.9. The molecule has 1 aromatic carbocycles. The molecule has 0 atom stereocenters. The normalized spacial score (nSPS) is 15.0. The van der Waals surface area contributed by atoms with Crippen LogP contribution in [0.2, 0.25) is 0 Å². The topological polar surface area (TPSA) is 32.8 Å². The van der Waals surface area contributed by atoms with Gasteiger partial charge in [-0.15, -0.1) is 0 Å². The summed E-state index contributed by atoms with van der Waals surface area (Å²) in [5, 5.41) is 0. The number of morpholine rings is 1. The van der Waals surface area contributed by atoms with Gasteiger partial charge in [-0.3, -0.25) is 9.69 Å².